The van der Waals surface area contributed by atoms with Crippen molar-refractivity contribution in [3.05, 3.63) is 27.7 Å². The Morgan fingerprint density at radius 2 is 1.90 bits per heavy atom. The average Bonchev–Trinajstić information content (AvgIpc) is 2.73. The van der Waals surface area contributed by atoms with Crippen LogP contribution in [-0.2, 0) is 0 Å². The largest absolute Gasteiger partial charge is 0.506 e. The van der Waals surface area contributed by atoms with Crippen molar-refractivity contribution >= 4 is 29.1 Å². The fourth-order valence-electron chi connectivity index (χ4n) is 3.18. The molecule has 2 atom stereocenters. The lowest BCUT2D eigenvalue weighted by atomic mass is 9.99. The van der Waals surface area contributed by atoms with Crippen molar-refractivity contribution in [2.45, 2.75) is 43.8 Å². The third-order valence-corrected chi connectivity index (χ3v) is 4.59. The van der Waals surface area contributed by atoms with Gasteiger partial charge in [0.15, 0.2) is 0 Å². The number of phenolic OH excluding ortho intramolecular Hbond substituents is 1. The van der Waals surface area contributed by atoms with E-state index in [4.69, 9.17) is 23.2 Å². The van der Waals surface area contributed by atoms with Gasteiger partial charge in [-0.15, -0.1) is 0 Å². The number of rotatable bonds is 2. The molecule has 1 aromatic rings. The van der Waals surface area contributed by atoms with Crippen LogP contribution in [0, 0.1) is 0 Å². The Morgan fingerprint density at radius 3 is 2.55 bits per heavy atom. The summed E-state index contributed by atoms with van der Waals surface area (Å²) in [6.07, 6.45) is 4.20. The maximum absolute atomic E-state index is 12.3. The van der Waals surface area contributed by atoms with Crippen LogP contribution in [0.5, 0.6) is 5.75 Å². The summed E-state index contributed by atoms with van der Waals surface area (Å²) in [7, 11) is 0. The first-order chi connectivity index (χ1) is 9.52. The number of hydrogen-bond acceptors (Lipinski definition) is 3. The van der Waals surface area contributed by atoms with Crippen LogP contribution in [0.15, 0.2) is 12.1 Å². The molecule has 1 amide bonds. The highest BCUT2D eigenvalue weighted by Gasteiger charge is 2.34. The minimum atomic E-state index is -0.321. The number of fused-ring (bicyclic) bond motifs is 2. The monoisotopic (exact) mass is 314 g/mol. The summed E-state index contributed by atoms with van der Waals surface area (Å²) < 4.78 is 0. The van der Waals surface area contributed by atoms with E-state index in [2.05, 4.69) is 10.6 Å². The molecule has 2 aliphatic rings. The van der Waals surface area contributed by atoms with Gasteiger partial charge in [-0.1, -0.05) is 23.2 Å². The molecule has 0 aliphatic carbocycles. The van der Waals surface area contributed by atoms with E-state index < -0.39 is 0 Å². The van der Waals surface area contributed by atoms with E-state index in [0.717, 1.165) is 12.8 Å². The van der Waals surface area contributed by atoms with E-state index in [1.807, 2.05) is 0 Å². The fourth-order valence-corrected chi connectivity index (χ4v) is 3.67. The summed E-state index contributed by atoms with van der Waals surface area (Å²) in [5.41, 5.74) is 0.133. The molecule has 0 radical (unpaired) electrons. The Kier molecular flexibility index (Phi) is 3.80. The Hall–Kier alpha value is -0.970. The van der Waals surface area contributed by atoms with Gasteiger partial charge >= 0.3 is 0 Å². The number of phenols is 1. The zero-order valence-corrected chi connectivity index (χ0v) is 12.3. The predicted octanol–water partition coefficient (Wildman–Crippen LogP) is 2.71. The van der Waals surface area contributed by atoms with Gasteiger partial charge in [-0.05, 0) is 37.8 Å². The molecule has 0 spiro atoms. The lowest BCUT2D eigenvalue weighted by Crippen LogP contribution is -2.48. The van der Waals surface area contributed by atoms with Gasteiger partial charge in [-0.2, -0.15) is 0 Å². The summed E-state index contributed by atoms with van der Waals surface area (Å²) in [4.78, 5) is 12.3. The Morgan fingerprint density at radius 1 is 1.25 bits per heavy atom. The Labute approximate surface area is 127 Å². The molecule has 108 valence electrons. The molecule has 2 bridgehead atoms. The first kappa shape index (κ1) is 14.0. The number of aromatic hydroxyl groups is 1. The van der Waals surface area contributed by atoms with Gasteiger partial charge in [-0.25, -0.2) is 0 Å². The quantitative estimate of drug-likeness (QED) is 0.786. The number of nitrogens with one attached hydrogen (secondary N) is 2. The van der Waals surface area contributed by atoms with Crippen molar-refractivity contribution < 1.29 is 9.90 Å². The minimum absolute atomic E-state index is 0.0908. The first-order valence-corrected chi connectivity index (χ1v) is 7.53. The molecule has 2 unspecified atom stereocenters. The molecule has 0 saturated carbocycles. The van der Waals surface area contributed by atoms with Crippen molar-refractivity contribution in [3.63, 3.8) is 0 Å². The fraction of sp³-hybridized carbons (Fsp3) is 0.500. The van der Waals surface area contributed by atoms with Gasteiger partial charge in [-0.3, -0.25) is 4.79 Å². The number of benzene rings is 1. The van der Waals surface area contributed by atoms with E-state index >= 15 is 0 Å². The maximum atomic E-state index is 12.3. The van der Waals surface area contributed by atoms with Crippen molar-refractivity contribution in [2.24, 2.45) is 0 Å². The van der Waals surface area contributed by atoms with Crippen LogP contribution in [0.1, 0.15) is 36.0 Å². The third-order valence-electron chi connectivity index (χ3n) is 4.08. The molecule has 2 aliphatic heterocycles. The molecular weight excluding hydrogens is 299 g/mol. The van der Waals surface area contributed by atoms with E-state index in [0.29, 0.717) is 17.1 Å². The van der Waals surface area contributed by atoms with Crippen molar-refractivity contribution in [2.75, 3.05) is 0 Å². The van der Waals surface area contributed by atoms with Crippen LogP contribution in [0.25, 0.3) is 0 Å². The topological polar surface area (TPSA) is 61.4 Å². The molecule has 0 aromatic heterocycles. The summed E-state index contributed by atoms with van der Waals surface area (Å²) in [6, 6.07) is 3.98. The van der Waals surface area contributed by atoms with Crippen molar-refractivity contribution in [3.8, 4) is 5.75 Å². The van der Waals surface area contributed by atoms with Crippen LogP contribution in [-0.4, -0.2) is 29.1 Å². The van der Waals surface area contributed by atoms with E-state index in [-0.39, 0.29) is 28.3 Å². The Bertz CT molecular complexity index is 538. The second kappa shape index (κ2) is 5.43. The molecule has 2 heterocycles. The highest BCUT2D eigenvalue weighted by atomic mass is 35.5. The van der Waals surface area contributed by atoms with E-state index in [1.165, 1.54) is 25.0 Å². The van der Waals surface area contributed by atoms with Crippen LogP contribution in [0.3, 0.4) is 0 Å². The van der Waals surface area contributed by atoms with Crippen LogP contribution < -0.4 is 10.6 Å². The SMILES string of the molecule is O=C(NC1CC2CCC(C1)N2)c1cc(Cl)cc(Cl)c1O. The van der Waals surface area contributed by atoms with Gasteiger partial charge in [0.1, 0.15) is 5.75 Å². The molecule has 3 rings (SSSR count). The zero-order chi connectivity index (χ0) is 14.3. The minimum Gasteiger partial charge on any atom is -0.506 e. The molecule has 3 N–H and O–H groups in total. The second-order valence-corrected chi connectivity index (χ2v) is 6.41. The van der Waals surface area contributed by atoms with Crippen molar-refractivity contribution in [1.29, 1.82) is 0 Å². The smallest absolute Gasteiger partial charge is 0.255 e. The zero-order valence-electron chi connectivity index (χ0n) is 10.8. The lowest BCUT2D eigenvalue weighted by molar-refractivity contribution is 0.0921. The number of amides is 1. The van der Waals surface area contributed by atoms with E-state index in [1.54, 1.807) is 0 Å². The van der Waals surface area contributed by atoms with Gasteiger partial charge < -0.3 is 15.7 Å². The summed E-state index contributed by atoms with van der Waals surface area (Å²) >= 11 is 11.7. The van der Waals surface area contributed by atoms with Gasteiger partial charge in [0.2, 0.25) is 0 Å². The van der Waals surface area contributed by atoms with Gasteiger partial charge in [0, 0.05) is 23.1 Å². The highest BCUT2D eigenvalue weighted by Crippen LogP contribution is 2.32. The third kappa shape index (κ3) is 2.73. The normalized spacial score (nSPS) is 28.4. The molecular formula is C14H16Cl2N2O2. The molecule has 2 fully saturated rings. The second-order valence-electron chi connectivity index (χ2n) is 5.56. The van der Waals surface area contributed by atoms with Gasteiger partial charge in [0.25, 0.3) is 5.91 Å². The average molecular weight is 315 g/mol. The summed E-state index contributed by atoms with van der Waals surface area (Å²) in [6.45, 7) is 0. The number of carbonyl (C=O) groups is 1. The highest BCUT2D eigenvalue weighted by molar-refractivity contribution is 6.36. The molecule has 6 heteroatoms. The number of hydrogen-bond donors (Lipinski definition) is 3. The molecule has 4 nitrogen and oxygen atoms in total. The standard InChI is InChI=1S/C14H16Cl2N2O2/c15-7-3-11(13(19)12(16)4-7)14(20)18-10-5-8-1-2-9(6-10)17-8/h3-4,8-10,17,19H,1-2,5-6H2,(H,18,20). The van der Waals surface area contributed by atoms with Crippen LogP contribution in [0.4, 0.5) is 0 Å². The maximum Gasteiger partial charge on any atom is 0.255 e. The van der Waals surface area contributed by atoms with E-state index in [9.17, 15) is 9.90 Å². The number of piperidine rings is 1. The molecule has 20 heavy (non-hydrogen) atoms. The summed E-state index contributed by atoms with van der Waals surface area (Å²) in [5, 5.41) is 16.8. The van der Waals surface area contributed by atoms with Crippen LogP contribution >= 0.6 is 23.2 Å². The van der Waals surface area contributed by atoms with Crippen molar-refractivity contribution in [1.82, 2.24) is 10.6 Å². The molecule has 1 aromatic carbocycles. The molecule has 2 saturated heterocycles. The number of halogens is 2. The number of carbonyl (C=O) groups excluding carboxylic acids is 1. The predicted molar refractivity (Wildman–Crippen MR) is 78.6 cm³/mol. The summed E-state index contributed by atoms with van der Waals surface area (Å²) in [5.74, 6) is -0.538. The lowest BCUT2D eigenvalue weighted by Gasteiger charge is -2.29. The Balaban J connectivity index is 1.73. The first-order valence-electron chi connectivity index (χ1n) is 6.78. The van der Waals surface area contributed by atoms with Crippen LogP contribution in [0.2, 0.25) is 10.0 Å². The van der Waals surface area contributed by atoms with Gasteiger partial charge in [0.05, 0.1) is 10.6 Å².